The van der Waals surface area contributed by atoms with Crippen LogP contribution in [0.1, 0.15) is 11.4 Å². The first kappa shape index (κ1) is 27.2. The van der Waals surface area contributed by atoms with E-state index in [1.165, 1.54) is 48.5 Å². The maximum atomic E-state index is 17.2. The molecular formula is C32H30F4NP2+. The maximum absolute atomic E-state index is 17.2. The minimum atomic E-state index is -5.71. The number of pyridine rings is 1. The van der Waals surface area contributed by atoms with Crippen LogP contribution in [0.5, 0.6) is 0 Å². The Kier molecular flexibility index (Phi) is 6.95. The fourth-order valence-electron chi connectivity index (χ4n) is 5.11. The van der Waals surface area contributed by atoms with E-state index < -0.39 is 26.8 Å². The van der Waals surface area contributed by atoms with Crippen LogP contribution in [-0.2, 0) is 19.4 Å². The molecule has 200 valence electrons. The van der Waals surface area contributed by atoms with Gasteiger partial charge in [0.15, 0.2) is 0 Å². The van der Waals surface area contributed by atoms with Crippen LogP contribution < -0.4 is 25.8 Å². The summed E-state index contributed by atoms with van der Waals surface area (Å²) in [6, 6.07) is 36.4. The second-order valence-corrected chi connectivity index (χ2v) is 16.8. The van der Waals surface area contributed by atoms with E-state index in [2.05, 4.69) is 0 Å². The Morgan fingerprint density at radius 1 is 0.410 bits per heavy atom. The average Bonchev–Trinajstić information content (AvgIpc) is 2.97. The Hall–Kier alpha value is -3.39. The Balaban J connectivity index is 1.64. The topological polar surface area (TPSA) is 3.88 Å². The van der Waals surface area contributed by atoms with Crippen LogP contribution in [0.25, 0.3) is 0 Å². The molecule has 0 aliphatic rings. The summed E-state index contributed by atoms with van der Waals surface area (Å²) >= 11 is 0. The van der Waals surface area contributed by atoms with Gasteiger partial charge in [0.2, 0.25) is 0 Å². The van der Waals surface area contributed by atoms with Crippen LogP contribution in [0.2, 0.25) is 0 Å². The van der Waals surface area contributed by atoms with Crippen molar-refractivity contribution in [3.05, 3.63) is 151 Å². The van der Waals surface area contributed by atoms with Gasteiger partial charge in [0, 0.05) is 0 Å². The summed E-state index contributed by atoms with van der Waals surface area (Å²) in [5, 5.41) is -0.0952. The first-order valence-electron chi connectivity index (χ1n) is 12.7. The fraction of sp³-hybridized carbons (Fsp3) is 0.0938. The summed E-state index contributed by atoms with van der Waals surface area (Å²) in [5.74, 6) is 0. The van der Waals surface area contributed by atoms with Crippen molar-refractivity contribution in [2.75, 3.05) is 0 Å². The number of hydrogen-bond donors (Lipinski definition) is 0. The van der Waals surface area contributed by atoms with Crippen molar-refractivity contribution in [1.82, 2.24) is 0 Å². The van der Waals surface area contributed by atoms with Crippen molar-refractivity contribution < 1.29 is 21.4 Å². The van der Waals surface area contributed by atoms with E-state index in [0.717, 1.165) is 0 Å². The number of benzene rings is 4. The first-order valence-corrected chi connectivity index (χ1v) is 17.1. The van der Waals surface area contributed by atoms with Crippen LogP contribution in [0.15, 0.2) is 140 Å². The molecule has 1 heterocycles. The molecule has 0 bridgehead atoms. The number of halogens is 4. The zero-order chi connectivity index (χ0) is 27.6. The van der Waals surface area contributed by atoms with Gasteiger partial charge in [-0.3, -0.25) is 0 Å². The molecule has 4 aromatic carbocycles. The van der Waals surface area contributed by atoms with Gasteiger partial charge in [-0.2, -0.15) is 0 Å². The van der Waals surface area contributed by atoms with E-state index in [-0.39, 0.29) is 21.2 Å². The molecular weight excluding hydrogens is 536 g/mol. The zero-order valence-corrected chi connectivity index (χ0v) is 23.3. The van der Waals surface area contributed by atoms with E-state index in [0.29, 0.717) is 11.4 Å². The monoisotopic (exact) mass is 566 g/mol. The molecule has 0 amide bonds. The number of hydrogen-bond acceptors (Lipinski definition) is 0. The summed E-state index contributed by atoms with van der Waals surface area (Å²) in [6.45, 7) is 0. The summed E-state index contributed by atoms with van der Waals surface area (Å²) in [6.07, 6.45) is -1.12. The van der Waals surface area contributed by atoms with Crippen molar-refractivity contribution in [1.29, 1.82) is 0 Å². The normalized spacial score (nSPS) is 14.1. The van der Waals surface area contributed by atoms with Crippen LogP contribution in [0, 0.1) is 0 Å². The SMILES string of the molecule is C[n+]1c(CP(F)(F)(c2ccccc2)c2ccccc2)cccc1CP(F)(F)(c1ccccc1)c1ccccc1. The van der Waals surface area contributed by atoms with E-state index in [4.69, 9.17) is 0 Å². The van der Waals surface area contributed by atoms with E-state index >= 15 is 16.8 Å². The van der Waals surface area contributed by atoms with E-state index in [9.17, 15) is 0 Å². The third-order valence-corrected chi connectivity index (χ3v) is 14.4. The molecule has 5 rings (SSSR count). The molecule has 39 heavy (non-hydrogen) atoms. The molecule has 0 radical (unpaired) electrons. The third-order valence-electron chi connectivity index (χ3n) is 7.37. The molecule has 0 aliphatic carbocycles. The molecule has 0 N–H and O–H groups in total. The third kappa shape index (κ3) is 4.91. The van der Waals surface area contributed by atoms with Crippen LogP contribution in [-0.4, -0.2) is 0 Å². The van der Waals surface area contributed by atoms with E-state index in [1.54, 1.807) is 103 Å². The van der Waals surface area contributed by atoms with Gasteiger partial charge < -0.3 is 0 Å². The predicted octanol–water partition coefficient (Wildman–Crippen LogP) is 7.46. The minimum absolute atomic E-state index is 0.0238. The van der Waals surface area contributed by atoms with Crippen LogP contribution in [0.4, 0.5) is 16.8 Å². The van der Waals surface area contributed by atoms with Crippen molar-refractivity contribution in [2.45, 2.75) is 12.3 Å². The number of aromatic nitrogens is 1. The molecule has 7 heteroatoms. The summed E-state index contributed by atoms with van der Waals surface area (Å²) < 4.78 is 70.3. The molecule has 0 saturated heterocycles. The van der Waals surface area contributed by atoms with Crippen molar-refractivity contribution in [2.24, 2.45) is 7.05 Å². The predicted molar refractivity (Wildman–Crippen MR) is 158 cm³/mol. The van der Waals surface area contributed by atoms with Gasteiger partial charge in [-0.1, -0.05) is 0 Å². The Morgan fingerprint density at radius 2 is 0.667 bits per heavy atom. The molecule has 0 unspecified atom stereocenters. The van der Waals surface area contributed by atoms with Gasteiger partial charge in [-0.25, -0.2) is 0 Å². The van der Waals surface area contributed by atoms with Gasteiger partial charge in [0.1, 0.15) is 0 Å². The van der Waals surface area contributed by atoms with Crippen molar-refractivity contribution >= 4 is 35.7 Å². The van der Waals surface area contributed by atoms with Gasteiger partial charge in [0.25, 0.3) is 0 Å². The summed E-state index contributed by atoms with van der Waals surface area (Å²) in [4.78, 5) is 0. The van der Waals surface area contributed by atoms with Crippen LogP contribution in [0.3, 0.4) is 0 Å². The van der Waals surface area contributed by atoms with Gasteiger partial charge in [-0.15, -0.1) is 0 Å². The molecule has 0 spiro atoms. The molecule has 0 fully saturated rings. The molecule has 0 saturated carbocycles. The second-order valence-electron chi connectivity index (χ2n) is 9.86. The Labute approximate surface area is 227 Å². The van der Waals surface area contributed by atoms with Gasteiger partial charge in [-0.05, 0) is 0 Å². The van der Waals surface area contributed by atoms with E-state index in [1.807, 2.05) is 0 Å². The van der Waals surface area contributed by atoms with Crippen LogP contribution >= 0.6 is 14.4 Å². The van der Waals surface area contributed by atoms with Gasteiger partial charge >= 0.3 is 227 Å². The quantitative estimate of drug-likeness (QED) is 0.104. The fourth-order valence-corrected chi connectivity index (χ4v) is 11.2. The molecule has 1 nitrogen and oxygen atoms in total. The van der Waals surface area contributed by atoms with Crippen molar-refractivity contribution in [3.63, 3.8) is 0 Å². The molecule has 5 aromatic rings. The Bertz CT molecular complexity index is 1370. The number of rotatable bonds is 8. The average molecular weight is 567 g/mol. The number of nitrogens with zero attached hydrogens (tertiary/aromatic N) is 1. The summed E-state index contributed by atoms with van der Waals surface area (Å²) in [5.41, 5.74) is 0.616. The standard InChI is InChI=1S/C32H30F4NP2/c1-37-27(25-38(33,34,29-17-6-2-7-18-29)30-19-8-3-9-20-30)15-14-16-28(37)26-39(35,36,31-21-10-4-11-22-31)32-23-12-5-13-24-32/h2-24H,25-26H2,1H3/q+1. The molecule has 1 aromatic heterocycles. The molecule has 0 atom stereocenters. The molecule has 0 aliphatic heterocycles. The van der Waals surface area contributed by atoms with Crippen molar-refractivity contribution in [3.8, 4) is 0 Å². The summed E-state index contributed by atoms with van der Waals surface area (Å²) in [7, 11) is -9.80. The van der Waals surface area contributed by atoms with Gasteiger partial charge in [0.05, 0.1) is 0 Å². The zero-order valence-electron chi connectivity index (χ0n) is 21.5. The Morgan fingerprint density at radius 3 is 0.923 bits per heavy atom. The second kappa shape index (κ2) is 9.97. The first-order chi connectivity index (χ1) is 18.6.